The van der Waals surface area contributed by atoms with Gasteiger partial charge in [-0.3, -0.25) is 14.5 Å². The summed E-state index contributed by atoms with van der Waals surface area (Å²) >= 11 is 0. The van der Waals surface area contributed by atoms with Crippen LogP contribution in [-0.2, 0) is 4.79 Å². The van der Waals surface area contributed by atoms with Gasteiger partial charge in [0, 0.05) is 34.4 Å². The Morgan fingerprint density at radius 2 is 1.91 bits per heavy atom. The van der Waals surface area contributed by atoms with Crippen molar-refractivity contribution in [3.8, 4) is 11.5 Å². The number of carbonyl (C=O) groups is 2. The number of Topliss-reactive ketones (excluding diaryl/α,β-unsaturated/α-hetero) is 1. The fourth-order valence-corrected chi connectivity index (χ4v) is 4.29. The monoisotopic (exact) mass is 428 g/mol. The Morgan fingerprint density at radius 3 is 2.75 bits per heavy atom. The summed E-state index contributed by atoms with van der Waals surface area (Å²) in [4.78, 5) is 31.2. The summed E-state index contributed by atoms with van der Waals surface area (Å²) in [7, 11) is 0. The molecular weight excluding hydrogens is 412 g/mol. The number of furan rings is 1. The van der Waals surface area contributed by atoms with Crippen LogP contribution in [0.2, 0.25) is 0 Å². The molecule has 32 heavy (non-hydrogen) atoms. The molecule has 2 N–H and O–H groups in total. The minimum absolute atomic E-state index is 0.0386. The number of hydrogen-bond donors (Lipinski definition) is 2. The topological polar surface area (TPSA) is 105 Å². The van der Waals surface area contributed by atoms with Crippen LogP contribution >= 0.6 is 0 Å². The van der Waals surface area contributed by atoms with E-state index in [1.54, 1.807) is 30.5 Å². The zero-order valence-corrected chi connectivity index (χ0v) is 16.6. The van der Waals surface area contributed by atoms with E-state index in [1.807, 2.05) is 24.3 Å². The SMILES string of the molecule is O=C(C1=C(O)C(=O)N(c2ccc3c(c2)OCO3)C1c1c[nH]c2ccccc12)c1ccco1. The fourth-order valence-electron chi connectivity index (χ4n) is 4.29. The quantitative estimate of drug-likeness (QED) is 0.470. The minimum atomic E-state index is -0.878. The molecule has 0 fully saturated rings. The lowest BCUT2D eigenvalue weighted by Gasteiger charge is -2.26. The number of fused-ring (bicyclic) bond motifs is 2. The van der Waals surface area contributed by atoms with E-state index < -0.39 is 23.5 Å². The molecule has 0 spiro atoms. The smallest absolute Gasteiger partial charge is 0.294 e. The maximum atomic E-state index is 13.3. The average molecular weight is 428 g/mol. The number of aromatic amines is 1. The van der Waals surface area contributed by atoms with Gasteiger partial charge >= 0.3 is 0 Å². The Morgan fingerprint density at radius 1 is 1.06 bits per heavy atom. The van der Waals surface area contributed by atoms with Gasteiger partial charge in [-0.05, 0) is 30.3 Å². The van der Waals surface area contributed by atoms with E-state index in [9.17, 15) is 14.7 Å². The first kappa shape index (κ1) is 18.3. The van der Waals surface area contributed by atoms with Crippen molar-refractivity contribution in [2.75, 3.05) is 11.7 Å². The molecule has 0 radical (unpaired) electrons. The van der Waals surface area contributed by atoms with E-state index >= 15 is 0 Å². The Balaban J connectivity index is 1.56. The lowest BCUT2D eigenvalue weighted by atomic mass is 9.94. The van der Waals surface area contributed by atoms with Crippen molar-refractivity contribution in [1.29, 1.82) is 0 Å². The third-order valence-corrected chi connectivity index (χ3v) is 5.75. The van der Waals surface area contributed by atoms with Gasteiger partial charge in [0.25, 0.3) is 5.91 Å². The number of nitrogens with one attached hydrogen (secondary N) is 1. The summed E-state index contributed by atoms with van der Waals surface area (Å²) in [5.41, 5.74) is 1.93. The lowest BCUT2D eigenvalue weighted by Crippen LogP contribution is -2.30. The number of carbonyl (C=O) groups excluding carboxylic acids is 2. The molecule has 2 aromatic carbocycles. The maximum absolute atomic E-state index is 13.3. The minimum Gasteiger partial charge on any atom is -0.503 e. The highest BCUT2D eigenvalue weighted by atomic mass is 16.7. The zero-order valence-electron chi connectivity index (χ0n) is 16.6. The highest BCUT2D eigenvalue weighted by molar-refractivity contribution is 6.20. The highest BCUT2D eigenvalue weighted by Gasteiger charge is 2.46. The Labute approximate surface area is 181 Å². The van der Waals surface area contributed by atoms with Gasteiger partial charge in [-0.25, -0.2) is 0 Å². The van der Waals surface area contributed by atoms with Gasteiger partial charge in [0.05, 0.1) is 17.9 Å². The van der Waals surface area contributed by atoms with E-state index in [2.05, 4.69) is 4.98 Å². The average Bonchev–Trinajstić information content (AvgIpc) is 3.60. The molecule has 4 aromatic rings. The van der Waals surface area contributed by atoms with Crippen molar-refractivity contribution in [3.63, 3.8) is 0 Å². The predicted octanol–water partition coefficient (Wildman–Crippen LogP) is 4.27. The van der Waals surface area contributed by atoms with E-state index in [1.165, 1.54) is 17.2 Å². The first-order chi connectivity index (χ1) is 15.6. The van der Waals surface area contributed by atoms with Crippen molar-refractivity contribution in [2.24, 2.45) is 0 Å². The molecule has 2 aliphatic heterocycles. The van der Waals surface area contributed by atoms with Gasteiger partial charge in [-0.1, -0.05) is 18.2 Å². The number of aromatic nitrogens is 1. The zero-order chi connectivity index (χ0) is 21.8. The molecule has 158 valence electrons. The van der Waals surface area contributed by atoms with Crippen LogP contribution in [0.4, 0.5) is 5.69 Å². The van der Waals surface area contributed by atoms with Crippen LogP contribution in [-0.4, -0.2) is 28.6 Å². The molecule has 8 heteroatoms. The summed E-state index contributed by atoms with van der Waals surface area (Å²) in [6.07, 6.45) is 3.12. The standard InChI is InChI=1S/C24H16N2O6/c27-22(18-6-3-9-30-18)20-21(15-11-25-16-5-2-1-4-14(15)16)26(24(29)23(20)28)13-7-8-17-19(10-13)32-12-31-17/h1-11,21,25,28H,12H2. The summed E-state index contributed by atoms with van der Waals surface area (Å²) in [6.45, 7) is 0.0876. The summed E-state index contributed by atoms with van der Waals surface area (Å²) < 4.78 is 16.1. The van der Waals surface area contributed by atoms with Gasteiger partial charge in [-0.2, -0.15) is 0 Å². The number of para-hydroxylation sites is 1. The number of aliphatic hydroxyl groups excluding tert-OH is 1. The van der Waals surface area contributed by atoms with E-state index in [0.29, 0.717) is 22.7 Å². The number of aliphatic hydroxyl groups is 1. The number of hydrogen-bond acceptors (Lipinski definition) is 6. The molecule has 0 aliphatic carbocycles. The summed E-state index contributed by atoms with van der Waals surface area (Å²) in [6, 6.07) is 14.8. The van der Waals surface area contributed by atoms with Gasteiger partial charge in [-0.15, -0.1) is 0 Å². The summed E-state index contributed by atoms with van der Waals surface area (Å²) in [5, 5.41) is 11.7. The molecule has 0 saturated carbocycles. The van der Waals surface area contributed by atoms with Crippen molar-refractivity contribution in [1.82, 2.24) is 4.98 Å². The number of amides is 1. The highest BCUT2D eigenvalue weighted by Crippen LogP contribution is 2.46. The number of ketones is 1. The molecule has 1 atom stereocenters. The second-order valence-electron chi connectivity index (χ2n) is 7.47. The van der Waals surface area contributed by atoms with E-state index in [0.717, 1.165) is 10.9 Å². The van der Waals surface area contributed by atoms with Crippen LogP contribution < -0.4 is 14.4 Å². The third kappa shape index (κ3) is 2.56. The van der Waals surface area contributed by atoms with Crippen LogP contribution in [0.5, 0.6) is 11.5 Å². The van der Waals surface area contributed by atoms with Crippen LogP contribution in [0.25, 0.3) is 10.9 Å². The second-order valence-corrected chi connectivity index (χ2v) is 7.47. The van der Waals surface area contributed by atoms with Crippen molar-refractivity contribution in [3.05, 3.63) is 89.7 Å². The van der Waals surface area contributed by atoms with E-state index in [-0.39, 0.29) is 18.1 Å². The fraction of sp³-hybridized carbons (Fsp3) is 0.0833. The van der Waals surface area contributed by atoms with Gasteiger partial charge in [0.2, 0.25) is 12.6 Å². The van der Waals surface area contributed by atoms with E-state index in [4.69, 9.17) is 13.9 Å². The normalized spacial score (nSPS) is 17.6. The third-order valence-electron chi connectivity index (χ3n) is 5.75. The molecule has 4 heterocycles. The van der Waals surface area contributed by atoms with Crippen LogP contribution in [0, 0.1) is 0 Å². The largest absolute Gasteiger partial charge is 0.503 e. The number of ether oxygens (including phenoxy) is 2. The molecular formula is C24H16N2O6. The Kier molecular flexibility index (Phi) is 3.88. The van der Waals surface area contributed by atoms with Crippen molar-refractivity contribution in [2.45, 2.75) is 6.04 Å². The molecule has 1 amide bonds. The number of H-pyrrole nitrogens is 1. The summed E-state index contributed by atoms with van der Waals surface area (Å²) in [5.74, 6) is -0.768. The number of anilines is 1. The van der Waals surface area contributed by atoms with Gasteiger partial charge in [0.15, 0.2) is 23.0 Å². The number of nitrogens with zero attached hydrogens (tertiary/aromatic N) is 1. The first-order valence-corrected chi connectivity index (χ1v) is 9.94. The van der Waals surface area contributed by atoms with Crippen LogP contribution in [0.1, 0.15) is 22.2 Å². The molecule has 0 saturated heterocycles. The lowest BCUT2D eigenvalue weighted by molar-refractivity contribution is -0.117. The Bertz CT molecular complexity index is 1420. The molecule has 8 nitrogen and oxygen atoms in total. The number of rotatable bonds is 4. The van der Waals surface area contributed by atoms with Crippen LogP contribution in [0.15, 0.2) is 82.8 Å². The van der Waals surface area contributed by atoms with Gasteiger partial charge in [0.1, 0.15) is 0 Å². The molecule has 0 bridgehead atoms. The van der Waals surface area contributed by atoms with Gasteiger partial charge < -0.3 is 24.0 Å². The molecule has 1 unspecified atom stereocenters. The maximum Gasteiger partial charge on any atom is 0.294 e. The van der Waals surface area contributed by atoms with Crippen molar-refractivity contribution >= 4 is 28.3 Å². The first-order valence-electron chi connectivity index (χ1n) is 9.94. The van der Waals surface area contributed by atoms with Crippen LogP contribution in [0.3, 0.4) is 0 Å². The van der Waals surface area contributed by atoms with Crippen molar-refractivity contribution < 1.29 is 28.6 Å². The molecule has 6 rings (SSSR count). The molecule has 2 aromatic heterocycles. The Hall–Kier alpha value is -4.46. The second kappa shape index (κ2) is 6.78. The predicted molar refractivity (Wildman–Crippen MR) is 114 cm³/mol. The molecule has 2 aliphatic rings. The number of benzene rings is 2.